The lowest BCUT2D eigenvalue weighted by atomic mass is 9.90. The molecule has 0 saturated heterocycles. The molecule has 0 aliphatic heterocycles. The summed E-state index contributed by atoms with van der Waals surface area (Å²) >= 11 is 0. The second kappa shape index (κ2) is 6.79. The van der Waals surface area contributed by atoms with Gasteiger partial charge in [-0.15, -0.1) is 0 Å². The van der Waals surface area contributed by atoms with E-state index in [0.717, 1.165) is 24.0 Å². The first-order valence-corrected chi connectivity index (χ1v) is 9.07. The second-order valence-electron chi connectivity index (χ2n) is 5.95. The zero-order valence-electron chi connectivity index (χ0n) is 13.1. The molecule has 0 amide bonds. The van der Waals surface area contributed by atoms with Gasteiger partial charge >= 0.3 is 0 Å². The van der Waals surface area contributed by atoms with Gasteiger partial charge in [-0.25, -0.2) is 13.1 Å². The molecule has 1 aromatic rings. The standard InChI is InChI=1S/C16H25NO3S/c1-12-9-15(20-3)10-13(2)16(12)21(18,19)17-11-14-7-5-4-6-8-14/h9-10,14,17H,4-8,11H2,1-3H3. The molecule has 118 valence electrons. The minimum absolute atomic E-state index is 0.388. The lowest BCUT2D eigenvalue weighted by Crippen LogP contribution is -2.31. The Hall–Kier alpha value is -1.07. The number of hydrogen-bond donors (Lipinski definition) is 1. The largest absolute Gasteiger partial charge is 0.497 e. The smallest absolute Gasteiger partial charge is 0.241 e. The van der Waals surface area contributed by atoms with Gasteiger partial charge < -0.3 is 4.74 Å². The number of methoxy groups -OCH3 is 1. The minimum atomic E-state index is -3.45. The van der Waals surface area contributed by atoms with Crippen LogP contribution in [0.25, 0.3) is 0 Å². The molecule has 5 heteroatoms. The van der Waals surface area contributed by atoms with Crippen molar-refractivity contribution in [3.05, 3.63) is 23.3 Å². The van der Waals surface area contributed by atoms with Crippen molar-refractivity contribution in [3.63, 3.8) is 0 Å². The topological polar surface area (TPSA) is 55.4 Å². The molecule has 1 aliphatic carbocycles. The first-order chi connectivity index (χ1) is 9.94. The van der Waals surface area contributed by atoms with E-state index in [2.05, 4.69) is 4.72 Å². The highest BCUT2D eigenvalue weighted by Gasteiger charge is 2.22. The van der Waals surface area contributed by atoms with Gasteiger partial charge in [0.25, 0.3) is 0 Å². The molecule has 0 spiro atoms. The summed E-state index contributed by atoms with van der Waals surface area (Å²) in [4.78, 5) is 0.388. The molecule has 21 heavy (non-hydrogen) atoms. The number of rotatable bonds is 5. The van der Waals surface area contributed by atoms with Crippen LogP contribution in [0.3, 0.4) is 0 Å². The van der Waals surface area contributed by atoms with Gasteiger partial charge in [0.1, 0.15) is 5.75 Å². The molecule has 0 heterocycles. The van der Waals surface area contributed by atoms with E-state index in [1.807, 2.05) is 13.8 Å². The molecule has 0 aromatic heterocycles. The van der Waals surface area contributed by atoms with E-state index in [1.54, 1.807) is 19.2 Å². The molecule has 2 rings (SSSR count). The fourth-order valence-electron chi connectivity index (χ4n) is 3.14. The molecule has 1 aromatic carbocycles. The molecule has 4 nitrogen and oxygen atoms in total. The van der Waals surface area contributed by atoms with Gasteiger partial charge in [-0.3, -0.25) is 0 Å². The van der Waals surface area contributed by atoms with Gasteiger partial charge in [0.2, 0.25) is 10.0 Å². The highest BCUT2D eigenvalue weighted by atomic mass is 32.2. The second-order valence-corrected chi connectivity index (χ2v) is 7.65. The van der Waals surface area contributed by atoms with Gasteiger partial charge in [0.05, 0.1) is 12.0 Å². The van der Waals surface area contributed by atoms with Crippen molar-refractivity contribution >= 4 is 10.0 Å². The average molecular weight is 311 g/mol. The van der Waals surface area contributed by atoms with Gasteiger partial charge in [0.15, 0.2) is 0 Å². The Morgan fingerprint density at radius 3 is 2.24 bits per heavy atom. The molecule has 0 bridgehead atoms. The molecule has 1 N–H and O–H groups in total. The van der Waals surface area contributed by atoms with E-state index in [4.69, 9.17) is 4.74 Å². The monoisotopic (exact) mass is 311 g/mol. The normalized spacial score (nSPS) is 16.9. The average Bonchev–Trinajstić information content (AvgIpc) is 2.45. The number of nitrogens with one attached hydrogen (secondary N) is 1. The van der Waals surface area contributed by atoms with Crippen LogP contribution in [0.1, 0.15) is 43.2 Å². The van der Waals surface area contributed by atoms with E-state index >= 15 is 0 Å². The van der Waals surface area contributed by atoms with Crippen LogP contribution in [0.15, 0.2) is 17.0 Å². The van der Waals surface area contributed by atoms with Crippen LogP contribution in [0.2, 0.25) is 0 Å². The zero-order valence-corrected chi connectivity index (χ0v) is 13.9. The van der Waals surface area contributed by atoms with Crippen molar-refractivity contribution in [2.75, 3.05) is 13.7 Å². The molecule has 1 aliphatic rings. The Morgan fingerprint density at radius 1 is 1.14 bits per heavy atom. The third-order valence-electron chi connectivity index (χ3n) is 4.23. The Morgan fingerprint density at radius 2 is 1.71 bits per heavy atom. The SMILES string of the molecule is COc1cc(C)c(S(=O)(=O)NCC2CCCCC2)c(C)c1. The summed E-state index contributed by atoms with van der Waals surface area (Å²) in [6, 6.07) is 3.53. The van der Waals surface area contributed by atoms with Crippen LogP contribution >= 0.6 is 0 Å². The Labute approximate surface area is 127 Å². The summed E-state index contributed by atoms with van der Waals surface area (Å²) in [6.45, 7) is 4.17. The van der Waals surface area contributed by atoms with E-state index in [9.17, 15) is 8.42 Å². The van der Waals surface area contributed by atoms with Crippen LogP contribution in [-0.2, 0) is 10.0 Å². The number of aryl methyl sites for hydroxylation is 2. The fraction of sp³-hybridized carbons (Fsp3) is 0.625. The Bertz CT molecular complexity index is 567. The predicted molar refractivity (Wildman–Crippen MR) is 84.2 cm³/mol. The van der Waals surface area contributed by atoms with E-state index in [1.165, 1.54) is 19.3 Å². The molecule has 0 radical (unpaired) electrons. The summed E-state index contributed by atoms with van der Waals surface area (Å²) in [5.41, 5.74) is 1.45. The van der Waals surface area contributed by atoms with Crippen LogP contribution < -0.4 is 9.46 Å². The highest BCUT2D eigenvalue weighted by molar-refractivity contribution is 7.89. The van der Waals surface area contributed by atoms with Gasteiger partial charge in [0, 0.05) is 6.54 Å². The number of hydrogen-bond acceptors (Lipinski definition) is 3. The van der Waals surface area contributed by atoms with Crippen LogP contribution in [0, 0.1) is 19.8 Å². The molecule has 1 fully saturated rings. The van der Waals surface area contributed by atoms with Crippen molar-refractivity contribution in [1.29, 1.82) is 0 Å². The lowest BCUT2D eigenvalue weighted by Gasteiger charge is -2.22. The van der Waals surface area contributed by atoms with E-state index in [0.29, 0.717) is 23.1 Å². The lowest BCUT2D eigenvalue weighted by molar-refractivity contribution is 0.357. The van der Waals surface area contributed by atoms with Gasteiger partial charge in [-0.2, -0.15) is 0 Å². The summed E-state index contributed by atoms with van der Waals surface area (Å²) in [6.07, 6.45) is 5.96. The maximum Gasteiger partial charge on any atom is 0.241 e. The Balaban J connectivity index is 2.15. The molecule has 0 unspecified atom stereocenters. The molecule has 1 saturated carbocycles. The quantitative estimate of drug-likeness (QED) is 0.908. The van der Waals surface area contributed by atoms with Crippen molar-refractivity contribution in [2.45, 2.75) is 50.8 Å². The third-order valence-corrected chi connectivity index (χ3v) is 5.95. The highest BCUT2D eigenvalue weighted by Crippen LogP contribution is 2.27. The summed E-state index contributed by atoms with van der Waals surface area (Å²) in [7, 11) is -1.86. The fourth-order valence-corrected chi connectivity index (χ4v) is 4.71. The first-order valence-electron chi connectivity index (χ1n) is 7.59. The summed E-state index contributed by atoms with van der Waals surface area (Å²) in [5, 5.41) is 0. The summed E-state index contributed by atoms with van der Waals surface area (Å²) in [5.74, 6) is 1.17. The van der Waals surface area contributed by atoms with Gasteiger partial charge in [-0.05, 0) is 55.9 Å². The number of ether oxygens (including phenoxy) is 1. The van der Waals surface area contributed by atoms with Crippen molar-refractivity contribution in [3.8, 4) is 5.75 Å². The molecular weight excluding hydrogens is 286 g/mol. The van der Waals surface area contributed by atoms with Crippen LogP contribution in [0.5, 0.6) is 5.75 Å². The third kappa shape index (κ3) is 3.98. The molecule has 0 atom stereocenters. The Kier molecular flexibility index (Phi) is 5.27. The van der Waals surface area contributed by atoms with E-state index in [-0.39, 0.29) is 0 Å². The minimum Gasteiger partial charge on any atom is -0.497 e. The summed E-state index contributed by atoms with van der Waals surface area (Å²) < 4.78 is 33.1. The predicted octanol–water partition coefficient (Wildman–Crippen LogP) is 3.17. The van der Waals surface area contributed by atoms with Gasteiger partial charge in [-0.1, -0.05) is 19.3 Å². The maximum atomic E-state index is 12.6. The number of sulfonamides is 1. The zero-order chi connectivity index (χ0) is 15.5. The van der Waals surface area contributed by atoms with Crippen LogP contribution in [-0.4, -0.2) is 22.1 Å². The maximum absolute atomic E-state index is 12.6. The first kappa shape index (κ1) is 16.3. The van der Waals surface area contributed by atoms with Crippen molar-refractivity contribution in [1.82, 2.24) is 4.72 Å². The van der Waals surface area contributed by atoms with E-state index < -0.39 is 10.0 Å². The molecular formula is C16H25NO3S. The van der Waals surface area contributed by atoms with Crippen molar-refractivity contribution < 1.29 is 13.2 Å². The van der Waals surface area contributed by atoms with Crippen molar-refractivity contribution in [2.24, 2.45) is 5.92 Å². The van der Waals surface area contributed by atoms with Crippen LogP contribution in [0.4, 0.5) is 0 Å². The number of benzene rings is 1.